The van der Waals surface area contributed by atoms with Gasteiger partial charge in [-0.3, -0.25) is 0 Å². The molecule has 4 heteroatoms. The van der Waals surface area contributed by atoms with E-state index < -0.39 is 5.97 Å². The summed E-state index contributed by atoms with van der Waals surface area (Å²) < 4.78 is 18.3. The molecule has 0 saturated carbocycles. The van der Waals surface area contributed by atoms with Gasteiger partial charge in [-0.05, 0) is 42.5 Å². The van der Waals surface area contributed by atoms with E-state index in [-0.39, 0.29) is 17.4 Å². The Labute approximate surface area is 93.4 Å². The lowest BCUT2D eigenvalue weighted by atomic mass is 9.86. The summed E-state index contributed by atoms with van der Waals surface area (Å²) in [5.74, 6) is -0.882. The van der Waals surface area contributed by atoms with Crippen molar-refractivity contribution in [2.45, 2.75) is 25.3 Å². The molecule has 2 N–H and O–H groups in total. The van der Waals surface area contributed by atoms with E-state index in [1.54, 1.807) is 6.07 Å². The molecule has 0 heterocycles. The molecule has 0 aromatic heterocycles. The monoisotopic (exact) mass is 223 g/mol. The van der Waals surface area contributed by atoms with Crippen LogP contribution in [0, 0.1) is 5.82 Å². The molecule has 0 radical (unpaired) electrons. The van der Waals surface area contributed by atoms with Crippen LogP contribution in [0.2, 0.25) is 0 Å². The predicted molar refractivity (Wildman–Crippen MR) is 57.6 cm³/mol. The van der Waals surface area contributed by atoms with Gasteiger partial charge in [0.2, 0.25) is 0 Å². The number of nitrogens with two attached hydrogens (primary N) is 1. The van der Waals surface area contributed by atoms with Crippen LogP contribution in [0.15, 0.2) is 12.1 Å². The Balaban J connectivity index is 2.50. The number of benzene rings is 1. The number of ether oxygens (including phenoxy) is 1. The fourth-order valence-corrected chi connectivity index (χ4v) is 2.14. The number of hydrogen-bond acceptors (Lipinski definition) is 3. The second-order valence-electron chi connectivity index (χ2n) is 4.02. The number of rotatable bonds is 1. The van der Waals surface area contributed by atoms with Gasteiger partial charge in [-0.15, -0.1) is 0 Å². The summed E-state index contributed by atoms with van der Waals surface area (Å²) in [5, 5.41) is 0. The average molecular weight is 223 g/mol. The molecule has 1 atom stereocenters. The van der Waals surface area contributed by atoms with Crippen LogP contribution in [-0.4, -0.2) is 13.1 Å². The van der Waals surface area contributed by atoms with Crippen LogP contribution < -0.4 is 5.73 Å². The average Bonchev–Trinajstić information content (AvgIpc) is 2.29. The van der Waals surface area contributed by atoms with E-state index in [4.69, 9.17) is 5.73 Å². The van der Waals surface area contributed by atoms with Gasteiger partial charge in [-0.2, -0.15) is 0 Å². The zero-order valence-corrected chi connectivity index (χ0v) is 9.13. The van der Waals surface area contributed by atoms with Gasteiger partial charge in [0.25, 0.3) is 0 Å². The number of hydrogen-bond donors (Lipinski definition) is 1. The number of methoxy groups -OCH3 is 1. The van der Waals surface area contributed by atoms with Gasteiger partial charge in [0, 0.05) is 6.04 Å². The van der Waals surface area contributed by atoms with Gasteiger partial charge >= 0.3 is 5.97 Å². The second-order valence-corrected chi connectivity index (χ2v) is 4.02. The molecule has 86 valence electrons. The van der Waals surface area contributed by atoms with Crippen molar-refractivity contribution in [3.8, 4) is 0 Å². The second kappa shape index (κ2) is 4.22. The van der Waals surface area contributed by atoms with Crippen LogP contribution in [0.1, 0.15) is 40.4 Å². The van der Waals surface area contributed by atoms with Crippen LogP contribution >= 0.6 is 0 Å². The highest BCUT2D eigenvalue weighted by atomic mass is 19.1. The normalized spacial score (nSPS) is 19.1. The molecule has 3 nitrogen and oxygen atoms in total. The lowest BCUT2D eigenvalue weighted by Gasteiger charge is -2.23. The van der Waals surface area contributed by atoms with Crippen molar-refractivity contribution in [2.75, 3.05) is 7.11 Å². The molecule has 0 amide bonds. The Morgan fingerprint density at radius 3 is 3.00 bits per heavy atom. The maximum atomic E-state index is 13.7. The molecule has 1 aromatic rings. The quantitative estimate of drug-likeness (QED) is 0.740. The van der Waals surface area contributed by atoms with Crippen molar-refractivity contribution in [3.63, 3.8) is 0 Å². The largest absolute Gasteiger partial charge is 0.465 e. The van der Waals surface area contributed by atoms with E-state index in [1.807, 2.05) is 0 Å². The Morgan fingerprint density at radius 2 is 2.31 bits per heavy atom. The molecule has 0 fully saturated rings. The van der Waals surface area contributed by atoms with E-state index in [1.165, 1.54) is 13.2 Å². The van der Waals surface area contributed by atoms with Gasteiger partial charge in [-0.25, -0.2) is 9.18 Å². The van der Waals surface area contributed by atoms with E-state index in [0.29, 0.717) is 12.0 Å². The Morgan fingerprint density at radius 1 is 1.56 bits per heavy atom. The number of carbonyl (C=O) groups excluding carboxylic acids is 1. The van der Waals surface area contributed by atoms with Crippen molar-refractivity contribution in [1.29, 1.82) is 0 Å². The van der Waals surface area contributed by atoms with Gasteiger partial charge in [0.15, 0.2) is 0 Å². The third-order valence-corrected chi connectivity index (χ3v) is 2.99. The minimum absolute atomic E-state index is 0.178. The van der Waals surface area contributed by atoms with E-state index in [9.17, 15) is 9.18 Å². The fraction of sp³-hybridized carbons (Fsp3) is 0.417. The molecular formula is C12H14FNO2. The van der Waals surface area contributed by atoms with Crippen LogP contribution in [0.25, 0.3) is 0 Å². The maximum Gasteiger partial charge on any atom is 0.337 e. The first-order valence-corrected chi connectivity index (χ1v) is 5.29. The summed E-state index contributed by atoms with van der Waals surface area (Å²) in [4.78, 5) is 11.3. The first-order valence-electron chi connectivity index (χ1n) is 5.29. The minimum atomic E-state index is -0.528. The zero-order chi connectivity index (χ0) is 11.7. The first-order chi connectivity index (χ1) is 7.63. The molecule has 2 rings (SSSR count). The summed E-state index contributed by atoms with van der Waals surface area (Å²) in [5.41, 5.74) is 7.53. The zero-order valence-electron chi connectivity index (χ0n) is 9.13. The third-order valence-electron chi connectivity index (χ3n) is 2.99. The smallest absolute Gasteiger partial charge is 0.337 e. The molecule has 1 aliphatic carbocycles. The van der Waals surface area contributed by atoms with Gasteiger partial charge in [0.05, 0.1) is 12.7 Å². The first kappa shape index (κ1) is 11.1. The summed E-state index contributed by atoms with van der Waals surface area (Å²) >= 11 is 0. The minimum Gasteiger partial charge on any atom is -0.465 e. The molecule has 1 aromatic carbocycles. The SMILES string of the molecule is COC(=O)c1cc(F)c2c(c1)[C@H](N)CCC2. The fourth-order valence-electron chi connectivity index (χ4n) is 2.14. The molecule has 0 spiro atoms. The highest BCUT2D eigenvalue weighted by Crippen LogP contribution is 2.30. The van der Waals surface area contributed by atoms with Gasteiger partial charge in [0.1, 0.15) is 5.82 Å². The number of halogens is 1. The summed E-state index contributed by atoms with van der Waals surface area (Å²) in [6, 6.07) is 2.69. The van der Waals surface area contributed by atoms with Gasteiger partial charge < -0.3 is 10.5 Å². The third kappa shape index (κ3) is 1.80. The van der Waals surface area contributed by atoms with Crippen molar-refractivity contribution in [3.05, 3.63) is 34.6 Å². The molecule has 0 unspecified atom stereocenters. The van der Waals surface area contributed by atoms with Crippen molar-refractivity contribution >= 4 is 5.97 Å². The molecule has 16 heavy (non-hydrogen) atoms. The van der Waals surface area contributed by atoms with Gasteiger partial charge in [-0.1, -0.05) is 0 Å². The lowest BCUT2D eigenvalue weighted by molar-refractivity contribution is 0.0600. The summed E-state index contributed by atoms with van der Waals surface area (Å²) in [6.07, 6.45) is 2.41. The highest BCUT2D eigenvalue weighted by molar-refractivity contribution is 5.89. The molecule has 0 aliphatic heterocycles. The van der Waals surface area contributed by atoms with Crippen LogP contribution in [0.5, 0.6) is 0 Å². The topological polar surface area (TPSA) is 52.3 Å². The van der Waals surface area contributed by atoms with Crippen LogP contribution in [0.4, 0.5) is 4.39 Å². The number of esters is 1. The Kier molecular flexibility index (Phi) is 2.92. The Hall–Kier alpha value is -1.42. The van der Waals surface area contributed by atoms with Crippen molar-refractivity contribution < 1.29 is 13.9 Å². The predicted octanol–water partition coefficient (Wildman–Crippen LogP) is 1.95. The Bertz CT molecular complexity index is 431. The number of fused-ring (bicyclic) bond motifs is 1. The van der Waals surface area contributed by atoms with E-state index in [2.05, 4.69) is 4.74 Å². The van der Waals surface area contributed by atoms with Crippen molar-refractivity contribution in [1.82, 2.24) is 0 Å². The molecule has 1 aliphatic rings. The summed E-state index contributed by atoms with van der Waals surface area (Å²) in [7, 11) is 1.28. The van der Waals surface area contributed by atoms with E-state index >= 15 is 0 Å². The lowest BCUT2D eigenvalue weighted by Crippen LogP contribution is -2.19. The molecule has 0 saturated heterocycles. The van der Waals surface area contributed by atoms with Crippen molar-refractivity contribution in [2.24, 2.45) is 5.73 Å². The van der Waals surface area contributed by atoms with Crippen LogP contribution in [-0.2, 0) is 11.2 Å². The standard InChI is InChI=1S/C12H14FNO2/c1-16-12(15)7-5-9-8(10(13)6-7)3-2-4-11(9)14/h5-6,11H,2-4,14H2,1H3/t11-/m1/s1. The number of carbonyl (C=O) groups is 1. The van der Waals surface area contributed by atoms with E-state index in [0.717, 1.165) is 18.4 Å². The molecule has 0 bridgehead atoms. The van der Waals surface area contributed by atoms with Crippen LogP contribution in [0.3, 0.4) is 0 Å². The highest BCUT2D eigenvalue weighted by Gasteiger charge is 2.22. The maximum absolute atomic E-state index is 13.7. The summed E-state index contributed by atoms with van der Waals surface area (Å²) in [6.45, 7) is 0. The molecular weight excluding hydrogens is 209 g/mol.